The molecule has 1 N–H and O–H groups in total. The molecule has 0 spiro atoms. The Bertz CT molecular complexity index is 514. The van der Waals surface area contributed by atoms with Crippen molar-refractivity contribution >= 4 is 0 Å². The molecule has 3 heteroatoms. The van der Waals surface area contributed by atoms with Crippen LogP contribution in [0, 0.1) is 5.41 Å². The molecule has 1 aliphatic carbocycles. The van der Waals surface area contributed by atoms with Crippen molar-refractivity contribution in [1.29, 1.82) is 0 Å². The first-order valence-electron chi connectivity index (χ1n) is 8.34. The Kier molecular flexibility index (Phi) is 3.43. The van der Waals surface area contributed by atoms with Crippen LogP contribution in [0.15, 0.2) is 24.3 Å². The smallest absolute Gasteiger partial charge is 0.122 e. The van der Waals surface area contributed by atoms with Gasteiger partial charge in [-0.05, 0) is 38.7 Å². The summed E-state index contributed by atoms with van der Waals surface area (Å²) < 4.78 is 11.8. The lowest BCUT2D eigenvalue weighted by molar-refractivity contribution is 0.0529. The highest BCUT2D eigenvalue weighted by Gasteiger charge is 2.45. The number of ether oxygens (including phenoxy) is 2. The number of rotatable bonds is 5. The van der Waals surface area contributed by atoms with Gasteiger partial charge in [-0.25, -0.2) is 0 Å². The van der Waals surface area contributed by atoms with Gasteiger partial charge in [0.2, 0.25) is 0 Å². The zero-order chi connectivity index (χ0) is 14.3. The Hall–Kier alpha value is -1.06. The highest BCUT2D eigenvalue weighted by molar-refractivity contribution is 5.39. The molecule has 3 nitrogen and oxygen atoms in total. The monoisotopic (exact) mass is 287 g/mol. The summed E-state index contributed by atoms with van der Waals surface area (Å²) in [6, 6.07) is 9.29. The van der Waals surface area contributed by atoms with Crippen molar-refractivity contribution in [2.24, 2.45) is 5.41 Å². The van der Waals surface area contributed by atoms with Crippen molar-refractivity contribution in [2.75, 3.05) is 19.8 Å². The van der Waals surface area contributed by atoms with Crippen LogP contribution in [0.4, 0.5) is 0 Å². The van der Waals surface area contributed by atoms with Crippen LogP contribution in [-0.4, -0.2) is 31.9 Å². The van der Waals surface area contributed by atoms with Crippen LogP contribution in [0.2, 0.25) is 0 Å². The molecule has 0 amide bonds. The summed E-state index contributed by atoms with van der Waals surface area (Å²) in [4.78, 5) is 0. The third kappa shape index (κ3) is 2.58. The van der Waals surface area contributed by atoms with E-state index in [1.165, 1.54) is 31.2 Å². The first-order chi connectivity index (χ1) is 10.3. The molecule has 2 fully saturated rings. The van der Waals surface area contributed by atoms with Gasteiger partial charge in [-0.2, -0.15) is 0 Å². The lowest BCUT2D eigenvalue weighted by Crippen LogP contribution is -2.41. The molecular weight excluding hydrogens is 262 g/mol. The molecule has 0 aromatic heterocycles. The Labute approximate surface area is 127 Å². The van der Waals surface area contributed by atoms with Crippen molar-refractivity contribution < 1.29 is 9.47 Å². The second-order valence-corrected chi connectivity index (χ2v) is 7.03. The lowest BCUT2D eigenvalue weighted by Gasteiger charge is -2.35. The van der Waals surface area contributed by atoms with E-state index in [1.807, 2.05) is 0 Å². The third-order valence-electron chi connectivity index (χ3n) is 5.60. The number of benzene rings is 1. The fourth-order valence-corrected chi connectivity index (χ4v) is 3.92. The number of hydrogen-bond acceptors (Lipinski definition) is 3. The van der Waals surface area contributed by atoms with Crippen molar-refractivity contribution in [3.05, 3.63) is 29.8 Å². The summed E-state index contributed by atoms with van der Waals surface area (Å²) >= 11 is 0. The summed E-state index contributed by atoms with van der Waals surface area (Å²) in [7, 11) is 0. The van der Waals surface area contributed by atoms with Gasteiger partial charge in [0.25, 0.3) is 0 Å². The van der Waals surface area contributed by atoms with Crippen LogP contribution >= 0.6 is 0 Å². The van der Waals surface area contributed by atoms with E-state index in [-0.39, 0.29) is 5.41 Å². The van der Waals surface area contributed by atoms with Crippen LogP contribution in [0.3, 0.4) is 0 Å². The molecule has 3 unspecified atom stereocenters. The maximum Gasteiger partial charge on any atom is 0.122 e. The van der Waals surface area contributed by atoms with E-state index in [2.05, 4.69) is 36.5 Å². The molecule has 4 rings (SSSR count). The van der Waals surface area contributed by atoms with E-state index in [4.69, 9.17) is 9.47 Å². The molecular formula is C18H25NO2. The van der Waals surface area contributed by atoms with Gasteiger partial charge in [0.15, 0.2) is 0 Å². The van der Waals surface area contributed by atoms with Gasteiger partial charge in [-0.1, -0.05) is 18.2 Å². The summed E-state index contributed by atoms with van der Waals surface area (Å²) in [5.74, 6) is 1.60. The van der Waals surface area contributed by atoms with Crippen LogP contribution in [-0.2, 0) is 4.74 Å². The molecule has 1 aromatic rings. The van der Waals surface area contributed by atoms with E-state index in [0.717, 1.165) is 31.5 Å². The average molecular weight is 287 g/mol. The maximum absolute atomic E-state index is 5.94. The van der Waals surface area contributed by atoms with Gasteiger partial charge in [-0.15, -0.1) is 0 Å². The number of fused-ring (bicyclic) bond motifs is 1. The van der Waals surface area contributed by atoms with Crippen LogP contribution in [0.25, 0.3) is 0 Å². The molecule has 0 radical (unpaired) electrons. The Morgan fingerprint density at radius 1 is 1.29 bits per heavy atom. The molecule has 21 heavy (non-hydrogen) atoms. The first-order valence-corrected chi connectivity index (χ1v) is 8.34. The van der Waals surface area contributed by atoms with Crippen LogP contribution in [0.1, 0.15) is 44.1 Å². The van der Waals surface area contributed by atoms with E-state index >= 15 is 0 Å². The quantitative estimate of drug-likeness (QED) is 0.902. The van der Waals surface area contributed by atoms with Gasteiger partial charge in [-0.3, -0.25) is 0 Å². The molecule has 0 bridgehead atoms. The van der Waals surface area contributed by atoms with Gasteiger partial charge in [0, 0.05) is 36.1 Å². The zero-order valence-corrected chi connectivity index (χ0v) is 12.8. The van der Waals surface area contributed by atoms with Gasteiger partial charge in [0.1, 0.15) is 5.75 Å². The lowest BCUT2D eigenvalue weighted by atomic mass is 9.73. The molecule has 1 saturated carbocycles. The van der Waals surface area contributed by atoms with Crippen molar-refractivity contribution in [3.8, 4) is 5.75 Å². The second kappa shape index (κ2) is 5.29. The number of nitrogens with one attached hydrogen (secondary N) is 1. The van der Waals surface area contributed by atoms with Crippen molar-refractivity contribution in [1.82, 2.24) is 5.32 Å². The van der Waals surface area contributed by atoms with E-state index in [9.17, 15) is 0 Å². The normalized spacial score (nSPS) is 34.7. The first kappa shape index (κ1) is 13.6. The molecule has 114 valence electrons. The van der Waals surface area contributed by atoms with Crippen LogP contribution in [0.5, 0.6) is 5.75 Å². The molecule has 2 heterocycles. The maximum atomic E-state index is 5.94. The highest BCUT2D eigenvalue weighted by Crippen LogP contribution is 2.46. The topological polar surface area (TPSA) is 30.5 Å². The molecule has 1 saturated heterocycles. The molecule has 3 aliphatic rings. The van der Waals surface area contributed by atoms with Gasteiger partial charge in [0.05, 0.1) is 12.7 Å². The summed E-state index contributed by atoms with van der Waals surface area (Å²) in [5.41, 5.74) is 1.66. The Morgan fingerprint density at radius 2 is 2.14 bits per heavy atom. The minimum atomic E-state index is 0.272. The predicted octanol–water partition coefficient (Wildman–Crippen LogP) is 3.10. The summed E-state index contributed by atoms with van der Waals surface area (Å²) in [6.07, 6.45) is 5.38. The van der Waals surface area contributed by atoms with Gasteiger partial charge >= 0.3 is 0 Å². The SMILES string of the molecule is CC1OCCC1(CNC1CC1)CC1COc2ccccc21. The van der Waals surface area contributed by atoms with E-state index < -0.39 is 0 Å². The summed E-state index contributed by atoms with van der Waals surface area (Å²) in [6.45, 7) is 5.08. The minimum absolute atomic E-state index is 0.272. The highest BCUT2D eigenvalue weighted by atomic mass is 16.5. The van der Waals surface area contributed by atoms with E-state index in [1.54, 1.807) is 0 Å². The molecule has 2 aliphatic heterocycles. The van der Waals surface area contributed by atoms with Gasteiger partial charge < -0.3 is 14.8 Å². The number of para-hydroxylation sites is 1. The summed E-state index contributed by atoms with van der Waals surface area (Å²) in [5, 5.41) is 3.75. The van der Waals surface area contributed by atoms with Crippen molar-refractivity contribution in [2.45, 2.75) is 50.7 Å². The van der Waals surface area contributed by atoms with Crippen LogP contribution < -0.4 is 10.1 Å². The standard InChI is InChI=1S/C18H25NO2/c1-13-18(8-9-20-13,12-19-15-6-7-15)10-14-11-21-17-5-3-2-4-16(14)17/h2-5,13-15,19H,6-12H2,1H3. The number of hydrogen-bond donors (Lipinski definition) is 1. The third-order valence-corrected chi connectivity index (χ3v) is 5.60. The fourth-order valence-electron chi connectivity index (χ4n) is 3.92. The fraction of sp³-hybridized carbons (Fsp3) is 0.667. The molecule has 1 aromatic carbocycles. The second-order valence-electron chi connectivity index (χ2n) is 7.03. The Morgan fingerprint density at radius 3 is 2.90 bits per heavy atom. The average Bonchev–Trinajstić information content (AvgIpc) is 3.16. The largest absolute Gasteiger partial charge is 0.493 e. The zero-order valence-electron chi connectivity index (χ0n) is 12.8. The van der Waals surface area contributed by atoms with E-state index in [0.29, 0.717) is 12.0 Å². The minimum Gasteiger partial charge on any atom is -0.493 e. The Balaban J connectivity index is 1.52. The van der Waals surface area contributed by atoms with Crippen molar-refractivity contribution in [3.63, 3.8) is 0 Å². The predicted molar refractivity (Wildman–Crippen MR) is 82.8 cm³/mol. The molecule has 3 atom stereocenters.